The number of halogens is 1. The minimum atomic E-state index is 0.323. The first kappa shape index (κ1) is 12.1. The van der Waals surface area contributed by atoms with E-state index in [-0.39, 0.29) is 0 Å². The number of rotatable bonds is 3. The average Bonchev–Trinajstić information content (AvgIpc) is 2.29. The maximum absolute atomic E-state index is 6.24. The summed E-state index contributed by atoms with van der Waals surface area (Å²) in [6, 6.07) is 8.95. The first-order chi connectivity index (χ1) is 7.65. The Labute approximate surface area is 107 Å². The molecule has 2 heteroatoms. The number of nitrogens with two attached hydrogens (primary N) is 1. The maximum Gasteiger partial charge on any atom is 0.0210 e. The van der Waals surface area contributed by atoms with Gasteiger partial charge in [0.2, 0.25) is 0 Å². The average molecular weight is 282 g/mol. The molecule has 16 heavy (non-hydrogen) atoms. The quantitative estimate of drug-likeness (QED) is 0.888. The molecular formula is C14H20BrN. The van der Waals surface area contributed by atoms with E-state index in [2.05, 4.69) is 54.0 Å². The molecular weight excluding hydrogens is 262 g/mol. The van der Waals surface area contributed by atoms with E-state index < -0.39 is 0 Å². The second kappa shape index (κ2) is 4.50. The van der Waals surface area contributed by atoms with E-state index in [0.29, 0.717) is 17.4 Å². The van der Waals surface area contributed by atoms with Crippen molar-refractivity contribution in [3.63, 3.8) is 0 Å². The number of hydrogen-bond donors (Lipinski definition) is 1. The Bertz CT molecular complexity index is 371. The van der Waals surface area contributed by atoms with Gasteiger partial charge in [-0.2, -0.15) is 0 Å². The minimum Gasteiger partial charge on any atom is -0.327 e. The second-order valence-electron chi connectivity index (χ2n) is 4.86. The largest absolute Gasteiger partial charge is 0.327 e. The molecule has 1 aromatic carbocycles. The van der Waals surface area contributed by atoms with Crippen LogP contribution < -0.4 is 5.73 Å². The number of benzene rings is 1. The molecule has 1 aliphatic carbocycles. The van der Waals surface area contributed by atoms with Crippen molar-refractivity contribution in [2.45, 2.75) is 45.1 Å². The van der Waals surface area contributed by atoms with Crippen molar-refractivity contribution in [1.29, 1.82) is 0 Å². The molecule has 1 fully saturated rings. The van der Waals surface area contributed by atoms with Crippen LogP contribution in [-0.4, -0.2) is 6.04 Å². The highest BCUT2D eigenvalue weighted by atomic mass is 79.9. The Morgan fingerprint density at radius 1 is 1.31 bits per heavy atom. The molecule has 0 spiro atoms. The van der Waals surface area contributed by atoms with Gasteiger partial charge in [0.1, 0.15) is 0 Å². The molecule has 1 aliphatic rings. The molecule has 2 N–H and O–H groups in total. The van der Waals surface area contributed by atoms with Crippen molar-refractivity contribution < 1.29 is 0 Å². The first-order valence-corrected chi connectivity index (χ1v) is 6.95. The molecule has 1 saturated carbocycles. The van der Waals surface area contributed by atoms with Gasteiger partial charge >= 0.3 is 0 Å². The lowest BCUT2D eigenvalue weighted by Gasteiger charge is -2.55. The molecule has 1 nitrogen and oxygen atoms in total. The maximum atomic E-state index is 6.24. The van der Waals surface area contributed by atoms with Gasteiger partial charge in [-0.05, 0) is 42.2 Å². The lowest BCUT2D eigenvalue weighted by Crippen LogP contribution is -2.55. The van der Waals surface area contributed by atoms with Crippen molar-refractivity contribution in [2.75, 3.05) is 0 Å². The lowest BCUT2D eigenvalue weighted by molar-refractivity contribution is 0.0434. The summed E-state index contributed by atoms with van der Waals surface area (Å²) in [5, 5.41) is 0. The number of hydrogen-bond acceptors (Lipinski definition) is 1. The summed E-state index contributed by atoms with van der Waals surface area (Å²) < 4.78 is 1.23. The summed E-state index contributed by atoms with van der Waals surface area (Å²) in [4.78, 5) is 0. The molecule has 0 radical (unpaired) electrons. The lowest BCUT2D eigenvalue weighted by atomic mass is 9.52. The molecule has 0 saturated heterocycles. The SMILES string of the molecule is CCC1(CC)C(N)CC1c1ccccc1Br. The minimum absolute atomic E-state index is 0.323. The fourth-order valence-electron chi connectivity index (χ4n) is 3.28. The molecule has 0 aromatic heterocycles. The van der Waals surface area contributed by atoms with Gasteiger partial charge in [0.15, 0.2) is 0 Å². The Hall–Kier alpha value is -0.340. The van der Waals surface area contributed by atoms with E-state index in [0.717, 1.165) is 6.42 Å². The van der Waals surface area contributed by atoms with E-state index in [4.69, 9.17) is 5.73 Å². The van der Waals surface area contributed by atoms with Crippen LogP contribution in [0.15, 0.2) is 28.7 Å². The van der Waals surface area contributed by atoms with Gasteiger partial charge in [0.05, 0.1) is 0 Å². The molecule has 0 amide bonds. The highest BCUT2D eigenvalue weighted by Crippen LogP contribution is 2.57. The van der Waals surface area contributed by atoms with Crippen LogP contribution in [-0.2, 0) is 0 Å². The smallest absolute Gasteiger partial charge is 0.0210 e. The molecule has 88 valence electrons. The predicted octanol–water partition coefficient (Wildman–Crippen LogP) is 4.07. The van der Waals surface area contributed by atoms with Crippen LogP contribution in [0.1, 0.15) is 44.6 Å². The highest BCUT2D eigenvalue weighted by Gasteiger charge is 2.51. The van der Waals surface area contributed by atoms with E-state index in [1.54, 1.807) is 0 Å². The van der Waals surface area contributed by atoms with Crippen LogP contribution in [0.2, 0.25) is 0 Å². The first-order valence-electron chi connectivity index (χ1n) is 6.15. The van der Waals surface area contributed by atoms with Crippen LogP contribution in [0.3, 0.4) is 0 Å². The van der Waals surface area contributed by atoms with Gasteiger partial charge in [0, 0.05) is 10.5 Å². The van der Waals surface area contributed by atoms with Crippen molar-refractivity contribution in [3.8, 4) is 0 Å². The van der Waals surface area contributed by atoms with Crippen molar-refractivity contribution in [1.82, 2.24) is 0 Å². The van der Waals surface area contributed by atoms with Gasteiger partial charge < -0.3 is 5.73 Å². The monoisotopic (exact) mass is 281 g/mol. The summed E-state index contributed by atoms with van der Waals surface area (Å²) in [6.45, 7) is 4.54. The van der Waals surface area contributed by atoms with Crippen LogP contribution in [0.25, 0.3) is 0 Å². The van der Waals surface area contributed by atoms with Gasteiger partial charge in [-0.3, -0.25) is 0 Å². The molecule has 2 unspecified atom stereocenters. The zero-order valence-electron chi connectivity index (χ0n) is 10.0. The van der Waals surface area contributed by atoms with Crippen molar-refractivity contribution >= 4 is 15.9 Å². The standard InChI is InChI=1S/C14H20BrN/c1-3-14(4-2)11(9-13(14)16)10-7-5-6-8-12(10)15/h5-8,11,13H,3-4,9,16H2,1-2H3. The van der Waals surface area contributed by atoms with Gasteiger partial charge in [0.25, 0.3) is 0 Å². The zero-order valence-corrected chi connectivity index (χ0v) is 11.6. The van der Waals surface area contributed by atoms with Crippen LogP contribution in [0.5, 0.6) is 0 Å². The molecule has 0 bridgehead atoms. The third-order valence-electron chi connectivity index (χ3n) is 4.52. The van der Waals surface area contributed by atoms with E-state index in [9.17, 15) is 0 Å². The summed E-state index contributed by atoms with van der Waals surface area (Å²) in [5.74, 6) is 0.632. The molecule has 0 aliphatic heterocycles. The van der Waals surface area contributed by atoms with Crippen LogP contribution in [0.4, 0.5) is 0 Å². The molecule has 1 aromatic rings. The Morgan fingerprint density at radius 2 is 1.94 bits per heavy atom. The Morgan fingerprint density at radius 3 is 2.44 bits per heavy atom. The Balaban J connectivity index is 2.33. The third kappa shape index (κ3) is 1.63. The normalized spacial score (nSPS) is 27.5. The van der Waals surface area contributed by atoms with E-state index in [1.807, 2.05) is 0 Å². The summed E-state index contributed by atoms with van der Waals surface area (Å²) >= 11 is 3.66. The third-order valence-corrected chi connectivity index (χ3v) is 5.24. The van der Waals surface area contributed by atoms with Crippen molar-refractivity contribution in [2.24, 2.45) is 11.1 Å². The Kier molecular flexibility index (Phi) is 3.41. The van der Waals surface area contributed by atoms with Crippen LogP contribution >= 0.6 is 15.9 Å². The van der Waals surface area contributed by atoms with Gasteiger partial charge in [-0.25, -0.2) is 0 Å². The zero-order chi connectivity index (χ0) is 11.8. The molecule has 0 heterocycles. The fraction of sp³-hybridized carbons (Fsp3) is 0.571. The second-order valence-corrected chi connectivity index (χ2v) is 5.71. The van der Waals surface area contributed by atoms with Crippen LogP contribution in [0, 0.1) is 5.41 Å². The summed E-state index contributed by atoms with van der Waals surface area (Å²) in [5.41, 5.74) is 8.00. The van der Waals surface area contributed by atoms with E-state index >= 15 is 0 Å². The topological polar surface area (TPSA) is 26.0 Å². The molecule has 2 atom stereocenters. The van der Waals surface area contributed by atoms with Crippen molar-refractivity contribution in [3.05, 3.63) is 34.3 Å². The predicted molar refractivity (Wildman–Crippen MR) is 72.5 cm³/mol. The molecule has 2 rings (SSSR count). The van der Waals surface area contributed by atoms with E-state index in [1.165, 1.54) is 22.9 Å². The summed E-state index contributed by atoms with van der Waals surface area (Å²) in [7, 11) is 0. The van der Waals surface area contributed by atoms with Gasteiger partial charge in [-0.15, -0.1) is 0 Å². The van der Waals surface area contributed by atoms with Gasteiger partial charge in [-0.1, -0.05) is 48.0 Å². The fourth-order valence-corrected chi connectivity index (χ4v) is 3.84. The summed E-state index contributed by atoms with van der Waals surface area (Å²) in [6.07, 6.45) is 3.48. The highest BCUT2D eigenvalue weighted by molar-refractivity contribution is 9.10.